The quantitative estimate of drug-likeness (QED) is 0.143. The van der Waals surface area contributed by atoms with E-state index in [1.165, 1.54) is 12.5 Å². The first-order valence-corrected chi connectivity index (χ1v) is 14.5. The van der Waals surface area contributed by atoms with Crippen molar-refractivity contribution in [1.29, 1.82) is 0 Å². The molecule has 0 fully saturated rings. The van der Waals surface area contributed by atoms with Crippen molar-refractivity contribution in [3.05, 3.63) is 54.1 Å². The summed E-state index contributed by atoms with van der Waals surface area (Å²) in [6, 6.07) is 5.05. The highest BCUT2D eigenvalue weighted by Crippen LogP contribution is 2.09. The lowest BCUT2D eigenvalue weighted by Gasteiger charge is -2.25. The molecule has 7 N–H and O–H groups in total. The predicted octanol–water partition coefficient (Wildman–Crippen LogP) is 0.596. The molecule has 15 heteroatoms. The van der Waals surface area contributed by atoms with Gasteiger partial charge < -0.3 is 41.5 Å². The average Bonchev–Trinajstić information content (AvgIpc) is 3.46. The van der Waals surface area contributed by atoms with Gasteiger partial charge in [0.25, 0.3) is 0 Å². The van der Waals surface area contributed by atoms with Gasteiger partial charge in [0.15, 0.2) is 0 Å². The van der Waals surface area contributed by atoms with Gasteiger partial charge in [-0.25, -0.2) is 9.78 Å². The maximum Gasteiger partial charge on any atom is 0.408 e. The minimum Gasteiger partial charge on any atom is -0.459 e. The third-order valence-electron chi connectivity index (χ3n) is 6.01. The lowest BCUT2D eigenvalue weighted by molar-refractivity contribution is -0.154. The molecule has 0 spiro atoms. The van der Waals surface area contributed by atoms with E-state index in [-0.39, 0.29) is 25.4 Å². The SMILES string of the molecule is CC(C)C[C@@H](NC(=O)[C@H](CC(N)=O)NC(=O)[C@@H](Cc1cnc[nH]1)NC(=O)OCc1ccccc1)C(=O)NCC(=O)OC(C)(C)C. The molecule has 15 nitrogen and oxygen atoms in total. The molecule has 1 heterocycles. The fraction of sp³-hybridized carbons (Fsp3) is 0.500. The van der Waals surface area contributed by atoms with E-state index >= 15 is 0 Å². The van der Waals surface area contributed by atoms with Crippen LogP contribution in [0.1, 0.15) is 58.7 Å². The third-order valence-corrected chi connectivity index (χ3v) is 6.01. The smallest absolute Gasteiger partial charge is 0.408 e. The molecule has 0 saturated carbocycles. The van der Waals surface area contributed by atoms with E-state index in [4.69, 9.17) is 15.2 Å². The monoisotopic (exact) mass is 629 g/mol. The molecule has 0 aliphatic carbocycles. The molecule has 2 rings (SSSR count). The summed E-state index contributed by atoms with van der Waals surface area (Å²) < 4.78 is 10.4. The first-order valence-electron chi connectivity index (χ1n) is 14.5. The number of carbonyl (C=O) groups excluding carboxylic acids is 6. The summed E-state index contributed by atoms with van der Waals surface area (Å²) in [5.74, 6) is -3.97. The second-order valence-electron chi connectivity index (χ2n) is 11.8. The van der Waals surface area contributed by atoms with Gasteiger partial charge >= 0.3 is 12.1 Å². The zero-order valence-electron chi connectivity index (χ0n) is 26.2. The predicted molar refractivity (Wildman–Crippen MR) is 162 cm³/mol. The Bertz CT molecular complexity index is 1290. The number of nitrogens with zero attached hydrogens (tertiary/aromatic N) is 1. The normalized spacial score (nSPS) is 13.1. The Morgan fingerprint density at radius 3 is 2.13 bits per heavy atom. The number of rotatable bonds is 16. The Labute approximate surface area is 261 Å². The molecule has 45 heavy (non-hydrogen) atoms. The van der Waals surface area contributed by atoms with Crippen molar-refractivity contribution < 1.29 is 38.2 Å². The molecule has 2 aromatic rings. The van der Waals surface area contributed by atoms with E-state index in [0.29, 0.717) is 5.69 Å². The van der Waals surface area contributed by atoms with Crippen LogP contribution in [0, 0.1) is 5.92 Å². The second-order valence-corrected chi connectivity index (χ2v) is 11.8. The van der Waals surface area contributed by atoms with Gasteiger partial charge in [-0.1, -0.05) is 44.2 Å². The van der Waals surface area contributed by atoms with E-state index < -0.39 is 72.4 Å². The van der Waals surface area contributed by atoms with Crippen LogP contribution < -0.4 is 27.0 Å². The van der Waals surface area contributed by atoms with Crippen LogP contribution in [0.5, 0.6) is 0 Å². The summed E-state index contributed by atoms with van der Waals surface area (Å²) in [5.41, 5.74) is 5.84. The molecule has 1 aromatic heterocycles. The fourth-order valence-corrected chi connectivity index (χ4v) is 4.05. The van der Waals surface area contributed by atoms with Gasteiger partial charge in [0.05, 0.1) is 12.7 Å². The van der Waals surface area contributed by atoms with Crippen LogP contribution in [0.15, 0.2) is 42.9 Å². The molecular formula is C30H43N7O8. The molecule has 3 atom stereocenters. The lowest BCUT2D eigenvalue weighted by atomic mass is 10.0. The number of esters is 1. The van der Waals surface area contributed by atoms with Crippen LogP contribution in [-0.2, 0) is 46.5 Å². The highest BCUT2D eigenvalue weighted by atomic mass is 16.6. The number of nitrogens with two attached hydrogens (primary N) is 1. The van der Waals surface area contributed by atoms with Crippen molar-refractivity contribution in [3.63, 3.8) is 0 Å². The Balaban J connectivity index is 2.14. The molecule has 5 amide bonds. The Kier molecular flexibility index (Phi) is 14.0. The summed E-state index contributed by atoms with van der Waals surface area (Å²) in [7, 11) is 0. The Hall–Kier alpha value is -4.95. The molecule has 0 radical (unpaired) electrons. The van der Waals surface area contributed by atoms with Crippen LogP contribution >= 0.6 is 0 Å². The summed E-state index contributed by atoms with van der Waals surface area (Å²) in [4.78, 5) is 82.9. The van der Waals surface area contributed by atoms with E-state index in [1.54, 1.807) is 45.0 Å². The first kappa shape index (κ1) is 36.2. The molecule has 0 unspecified atom stereocenters. The van der Waals surface area contributed by atoms with Crippen LogP contribution in [0.2, 0.25) is 0 Å². The molecular weight excluding hydrogens is 586 g/mol. The maximum absolute atomic E-state index is 13.4. The topological polar surface area (TPSA) is 224 Å². The average molecular weight is 630 g/mol. The van der Waals surface area contributed by atoms with Gasteiger partial charge in [0.2, 0.25) is 23.6 Å². The first-order chi connectivity index (χ1) is 21.1. The highest BCUT2D eigenvalue weighted by Gasteiger charge is 2.32. The molecule has 0 saturated heterocycles. The van der Waals surface area contributed by atoms with Gasteiger partial charge in [-0.15, -0.1) is 0 Å². The fourth-order valence-electron chi connectivity index (χ4n) is 4.05. The van der Waals surface area contributed by atoms with E-state index in [2.05, 4.69) is 31.2 Å². The molecule has 246 valence electrons. The number of nitrogens with one attached hydrogen (secondary N) is 5. The Morgan fingerprint density at radius 1 is 0.911 bits per heavy atom. The highest BCUT2D eigenvalue weighted by molar-refractivity contribution is 5.96. The number of benzene rings is 1. The van der Waals surface area contributed by atoms with Crippen LogP contribution in [0.3, 0.4) is 0 Å². The minimum absolute atomic E-state index is 0.0506. The lowest BCUT2D eigenvalue weighted by Crippen LogP contribution is -2.58. The number of hydrogen-bond donors (Lipinski definition) is 6. The zero-order valence-corrected chi connectivity index (χ0v) is 26.2. The number of primary amides is 1. The number of alkyl carbamates (subject to hydrolysis) is 1. The number of H-pyrrole nitrogens is 1. The van der Waals surface area contributed by atoms with Crippen molar-refractivity contribution in [1.82, 2.24) is 31.2 Å². The maximum atomic E-state index is 13.4. The van der Waals surface area contributed by atoms with Gasteiger partial charge in [0.1, 0.15) is 36.9 Å². The number of ether oxygens (including phenoxy) is 2. The number of aromatic amines is 1. The molecule has 0 aliphatic heterocycles. The summed E-state index contributed by atoms with van der Waals surface area (Å²) in [5, 5.41) is 9.91. The largest absolute Gasteiger partial charge is 0.459 e. The van der Waals surface area contributed by atoms with Crippen LogP contribution in [0.4, 0.5) is 4.79 Å². The van der Waals surface area contributed by atoms with E-state index in [9.17, 15) is 28.8 Å². The van der Waals surface area contributed by atoms with E-state index in [1.807, 2.05) is 19.9 Å². The molecule has 1 aromatic carbocycles. The van der Waals surface area contributed by atoms with Crippen molar-refractivity contribution in [2.45, 2.75) is 84.2 Å². The van der Waals surface area contributed by atoms with Gasteiger partial charge in [-0.2, -0.15) is 0 Å². The number of amides is 5. The zero-order chi connectivity index (χ0) is 33.6. The summed E-state index contributed by atoms with van der Waals surface area (Å²) >= 11 is 0. The standard InChI is InChI=1S/C30H43N7O8/c1-18(2)11-21(26(40)33-15-25(39)45-30(3,4)5)35-28(42)23(13-24(31)38)36-27(41)22(12-20-14-32-17-34-20)37-29(43)44-16-19-9-7-6-8-10-19/h6-10,14,17-18,21-23H,11-13,15-16H2,1-5H3,(H2,31,38)(H,32,34)(H,33,40)(H,35,42)(H,36,41)(H,37,43)/t21-,22-,23+/m1/s1. The van der Waals surface area contributed by atoms with Crippen LogP contribution in [-0.4, -0.2) is 75.9 Å². The molecule has 0 bridgehead atoms. The number of aromatic nitrogens is 2. The third kappa shape index (κ3) is 14.4. The molecule has 0 aliphatic rings. The van der Waals surface area contributed by atoms with Crippen molar-refractivity contribution in [3.8, 4) is 0 Å². The van der Waals surface area contributed by atoms with Gasteiger partial charge in [-0.05, 0) is 38.7 Å². The summed E-state index contributed by atoms with van der Waals surface area (Å²) in [6.45, 7) is 8.23. The number of carbonyl (C=O) groups is 6. The van der Waals surface area contributed by atoms with Gasteiger partial charge in [0, 0.05) is 18.3 Å². The van der Waals surface area contributed by atoms with Crippen molar-refractivity contribution >= 4 is 35.7 Å². The number of imidazole rings is 1. The summed E-state index contributed by atoms with van der Waals surface area (Å²) in [6.07, 6.45) is 1.48. The second kappa shape index (κ2) is 17.4. The number of hydrogen-bond acceptors (Lipinski definition) is 9. The van der Waals surface area contributed by atoms with Crippen molar-refractivity contribution in [2.75, 3.05) is 6.54 Å². The van der Waals surface area contributed by atoms with Crippen molar-refractivity contribution in [2.24, 2.45) is 11.7 Å². The minimum atomic E-state index is -1.49. The van der Waals surface area contributed by atoms with Gasteiger partial charge in [-0.3, -0.25) is 24.0 Å². The van der Waals surface area contributed by atoms with E-state index in [0.717, 1.165) is 5.56 Å². The van der Waals surface area contributed by atoms with Crippen LogP contribution in [0.25, 0.3) is 0 Å². The Morgan fingerprint density at radius 2 is 1.56 bits per heavy atom.